The van der Waals surface area contributed by atoms with E-state index in [0.717, 1.165) is 5.69 Å². The molecule has 28 heavy (non-hydrogen) atoms. The first kappa shape index (κ1) is 18.9. The predicted octanol–water partition coefficient (Wildman–Crippen LogP) is 4.63. The minimum atomic E-state index is -0.258. The molecule has 1 fully saturated rings. The van der Waals surface area contributed by atoms with Gasteiger partial charge in [0.15, 0.2) is 11.9 Å². The zero-order valence-electron chi connectivity index (χ0n) is 16.2. The molecule has 1 aliphatic heterocycles. The highest BCUT2D eigenvalue weighted by atomic mass is 79.9. The van der Waals surface area contributed by atoms with Gasteiger partial charge in [-0.15, -0.1) is 4.98 Å². The topological polar surface area (TPSA) is 59.7 Å². The van der Waals surface area contributed by atoms with Gasteiger partial charge in [0.05, 0.1) is 17.8 Å². The van der Waals surface area contributed by atoms with Crippen molar-refractivity contribution in [2.45, 2.75) is 46.4 Å². The Balaban J connectivity index is 1.60. The Kier molecular flexibility index (Phi) is 4.23. The van der Waals surface area contributed by atoms with Crippen LogP contribution in [-0.2, 0) is 6.54 Å². The van der Waals surface area contributed by atoms with Crippen molar-refractivity contribution in [1.29, 1.82) is 0 Å². The number of aromatic nitrogens is 2. The molecule has 1 aliphatic carbocycles. The summed E-state index contributed by atoms with van der Waals surface area (Å²) in [5.41, 5.74) is 1.02. The van der Waals surface area contributed by atoms with Crippen LogP contribution in [0.4, 0.5) is 5.82 Å². The van der Waals surface area contributed by atoms with Crippen molar-refractivity contribution in [3.63, 3.8) is 0 Å². The average molecular weight is 441 g/mol. The second kappa shape index (κ2) is 6.28. The average Bonchev–Trinajstić information content (AvgIpc) is 2.95. The Morgan fingerprint density at radius 2 is 2.00 bits per heavy atom. The van der Waals surface area contributed by atoms with E-state index in [1.54, 1.807) is 24.5 Å². The van der Waals surface area contributed by atoms with Gasteiger partial charge in [-0.1, -0.05) is 50.2 Å². The molecular formula is C21H21BrN4O2. The van der Waals surface area contributed by atoms with Gasteiger partial charge >= 0.3 is 0 Å². The second-order valence-electron chi connectivity index (χ2n) is 8.56. The van der Waals surface area contributed by atoms with Crippen molar-refractivity contribution in [2.24, 2.45) is 10.8 Å². The third kappa shape index (κ3) is 2.62. The Labute approximate surface area is 172 Å². The van der Waals surface area contributed by atoms with Crippen molar-refractivity contribution in [3.8, 4) is 5.75 Å². The number of carbonyl (C=O) groups excluding carboxylic acids is 1. The molecule has 2 aliphatic rings. The number of amides is 1. The highest BCUT2D eigenvalue weighted by molar-refractivity contribution is 9.10. The summed E-state index contributed by atoms with van der Waals surface area (Å²) in [6.45, 7) is 16.2. The molecule has 1 saturated carbocycles. The van der Waals surface area contributed by atoms with E-state index in [-0.39, 0.29) is 28.9 Å². The number of pyridine rings is 2. The van der Waals surface area contributed by atoms with Crippen LogP contribution in [0.2, 0.25) is 0 Å². The van der Waals surface area contributed by atoms with E-state index in [9.17, 15) is 4.79 Å². The van der Waals surface area contributed by atoms with E-state index in [0.29, 0.717) is 28.1 Å². The molecular weight excluding hydrogens is 420 g/mol. The molecule has 0 spiro atoms. The molecule has 0 N–H and O–H groups in total. The first-order valence-electron chi connectivity index (χ1n) is 9.12. The molecule has 0 radical (unpaired) electrons. The third-order valence-electron chi connectivity index (χ3n) is 5.93. The van der Waals surface area contributed by atoms with Gasteiger partial charge in [0, 0.05) is 27.5 Å². The molecule has 7 heteroatoms. The van der Waals surface area contributed by atoms with Crippen molar-refractivity contribution in [2.75, 3.05) is 0 Å². The van der Waals surface area contributed by atoms with Crippen molar-refractivity contribution >= 4 is 27.7 Å². The Morgan fingerprint density at radius 3 is 2.61 bits per heavy atom. The van der Waals surface area contributed by atoms with E-state index in [1.807, 2.05) is 11.0 Å². The first-order chi connectivity index (χ1) is 13.2. The summed E-state index contributed by atoms with van der Waals surface area (Å²) in [7, 11) is 0. The van der Waals surface area contributed by atoms with Crippen LogP contribution in [0.5, 0.6) is 5.75 Å². The highest BCUT2D eigenvalue weighted by Gasteiger charge is 2.67. The Morgan fingerprint density at radius 1 is 1.29 bits per heavy atom. The summed E-state index contributed by atoms with van der Waals surface area (Å²) in [4.78, 5) is 26.8. The second-order valence-corrected chi connectivity index (χ2v) is 9.42. The lowest BCUT2D eigenvalue weighted by Gasteiger charge is -2.65. The van der Waals surface area contributed by atoms with Gasteiger partial charge in [0.2, 0.25) is 0 Å². The van der Waals surface area contributed by atoms with Crippen LogP contribution in [0, 0.1) is 17.4 Å². The summed E-state index contributed by atoms with van der Waals surface area (Å²) >= 11 is 3.37. The molecule has 2 aromatic heterocycles. The molecule has 4 rings (SSSR count). The van der Waals surface area contributed by atoms with E-state index >= 15 is 0 Å². The SMILES string of the molecule is [C-]#[N+]c1ncc(OC2C(C)(C)C(N3Cc4ncccc4C3=O)C2(C)C)cc1Br. The largest absolute Gasteiger partial charge is 0.485 e. The summed E-state index contributed by atoms with van der Waals surface area (Å²) in [6.07, 6.45) is 3.20. The lowest BCUT2D eigenvalue weighted by Crippen LogP contribution is -2.74. The molecule has 1 amide bonds. The Hall–Kier alpha value is -2.46. The van der Waals surface area contributed by atoms with Gasteiger partial charge in [-0.05, 0) is 18.2 Å². The lowest BCUT2D eigenvalue weighted by atomic mass is 9.49. The molecule has 2 aromatic rings. The van der Waals surface area contributed by atoms with Crippen LogP contribution in [0.15, 0.2) is 35.1 Å². The molecule has 6 nitrogen and oxygen atoms in total. The zero-order valence-corrected chi connectivity index (χ0v) is 17.8. The van der Waals surface area contributed by atoms with Crippen LogP contribution in [-0.4, -0.2) is 32.9 Å². The lowest BCUT2D eigenvalue weighted by molar-refractivity contribution is -0.199. The van der Waals surface area contributed by atoms with Gasteiger partial charge in [0.25, 0.3) is 11.7 Å². The van der Waals surface area contributed by atoms with Crippen molar-refractivity contribution in [1.82, 2.24) is 14.9 Å². The first-order valence-corrected chi connectivity index (χ1v) is 9.91. The predicted molar refractivity (Wildman–Crippen MR) is 108 cm³/mol. The number of ether oxygens (including phenoxy) is 1. The highest BCUT2D eigenvalue weighted by Crippen LogP contribution is 2.59. The number of halogens is 1. The van der Waals surface area contributed by atoms with Crippen LogP contribution < -0.4 is 4.74 Å². The van der Waals surface area contributed by atoms with Crippen LogP contribution in [0.1, 0.15) is 43.7 Å². The molecule has 0 atom stereocenters. The number of nitrogens with zero attached hydrogens (tertiary/aromatic N) is 4. The van der Waals surface area contributed by atoms with Crippen LogP contribution in [0.25, 0.3) is 4.85 Å². The third-order valence-corrected chi connectivity index (χ3v) is 6.51. The van der Waals surface area contributed by atoms with E-state index in [4.69, 9.17) is 11.3 Å². The summed E-state index contributed by atoms with van der Waals surface area (Å²) in [5, 5.41) is 0. The summed E-state index contributed by atoms with van der Waals surface area (Å²) in [5.74, 6) is 0.963. The minimum Gasteiger partial charge on any atom is -0.485 e. The maximum Gasteiger partial charge on any atom is 0.284 e. The molecule has 0 bridgehead atoms. The normalized spacial score (nSPS) is 24.3. The molecule has 0 unspecified atom stereocenters. The fourth-order valence-corrected chi connectivity index (χ4v) is 5.68. The van der Waals surface area contributed by atoms with Crippen molar-refractivity contribution < 1.29 is 9.53 Å². The maximum atomic E-state index is 13.0. The van der Waals surface area contributed by atoms with Crippen molar-refractivity contribution in [3.05, 3.63) is 57.7 Å². The Bertz CT molecular complexity index is 996. The number of hydrogen-bond acceptors (Lipinski definition) is 4. The van der Waals surface area contributed by atoms with Gasteiger partial charge in [-0.3, -0.25) is 9.78 Å². The fraction of sp³-hybridized carbons (Fsp3) is 0.429. The minimum absolute atomic E-state index is 0.0191. The molecule has 144 valence electrons. The summed E-state index contributed by atoms with van der Waals surface area (Å²) in [6, 6.07) is 5.45. The number of carbonyl (C=O) groups is 1. The standard InChI is InChI=1S/C21H21BrN4O2/c1-20(2)18(26-11-15-13(17(26)27)7-6-8-24-15)21(3,4)19(20)28-12-9-14(22)16(23-5)25-10-12/h6-10,18-19H,11H2,1-4H3. The fourth-order valence-electron chi connectivity index (χ4n) is 5.27. The quantitative estimate of drug-likeness (QED) is 0.652. The number of hydrogen-bond donors (Lipinski definition) is 0. The van der Waals surface area contributed by atoms with E-state index in [1.165, 1.54) is 0 Å². The van der Waals surface area contributed by atoms with Crippen LogP contribution >= 0.6 is 15.9 Å². The van der Waals surface area contributed by atoms with E-state index < -0.39 is 0 Å². The zero-order chi connectivity index (χ0) is 20.3. The number of fused-ring (bicyclic) bond motifs is 1. The molecule has 0 saturated heterocycles. The van der Waals surface area contributed by atoms with E-state index in [2.05, 4.69) is 58.4 Å². The number of rotatable bonds is 3. The monoisotopic (exact) mass is 440 g/mol. The maximum absolute atomic E-state index is 13.0. The van der Waals surface area contributed by atoms with Crippen LogP contribution in [0.3, 0.4) is 0 Å². The summed E-state index contributed by atoms with van der Waals surface area (Å²) < 4.78 is 6.93. The molecule has 3 heterocycles. The van der Waals surface area contributed by atoms with Gasteiger partial charge in [-0.2, -0.15) is 0 Å². The smallest absolute Gasteiger partial charge is 0.284 e. The van der Waals surface area contributed by atoms with Gasteiger partial charge in [-0.25, -0.2) is 0 Å². The van der Waals surface area contributed by atoms with Gasteiger partial charge < -0.3 is 14.5 Å². The molecule has 0 aromatic carbocycles. The van der Waals surface area contributed by atoms with Gasteiger partial charge in [0.1, 0.15) is 6.10 Å².